The fraction of sp³-hybridized carbons (Fsp3) is 0.625. The zero-order valence-electron chi connectivity index (χ0n) is 7.61. The maximum atomic E-state index is 5.14. The number of hydrogen-bond acceptors (Lipinski definition) is 5. The molecule has 0 atom stereocenters. The fourth-order valence-electron chi connectivity index (χ4n) is 1.05. The van der Waals surface area contributed by atoms with Crippen LogP contribution in [0.1, 0.15) is 19.3 Å². The minimum absolute atomic E-state index is 0.398. The highest BCUT2D eigenvalue weighted by Crippen LogP contribution is 1.96. The lowest BCUT2D eigenvalue weighted by Gasteiger charge is -2.08. The number of nitrogens with two attached hydrogens (primary N) is 1. The summed E-state index contributed by atoms with van der Waals surface area (Å²) in [7, 11) is 0. The Bertz CT molecular complexity index is 198. The largest absolute Gasteiger partial charge is 0.382 e. The Hall–Kier alpha value is -1.23. The number of hydrogen-bond donors (Lipinski definition) is 2. The second-order valence-electron chi connectivity index (χ2n) is 2.86. The van der Waals surface area contributed by atoms with Crippen molar-refractivity contribution in [2.75, 3.05) is 18.8 Å². The number of nitrogens with zero attached hydrogens (tertiary/aromatic N) is 3. The van der Waals surface area contributed by atoms with E-state index < -0.39 is 0 Å². The van der Waals surface area contributed by atoms with E-state index in [1.54, 1.807) is 6.07 Å². The predicted molar refractivity (Wildman–Crippen MR) is 51.0 cm³/mol. The fourth-order valence-corrected chi connectivity index (χ4v) is 1.05. The van der Waals surface area contributed by atoms with Crippen LogP contribution >= 0.6 is 0 Å². The van der Waals surface area contributed by atoms with E-state index in [-0.39, 0.29) is 0 Å². The molecule has 0 aromatic carbocycles. The zero-order chi connectivity index (χ0) is 9.36. The minimum atomic E-state index is 0.398. The molecule has 2 rings (SSSR count). The average molecular weight is 181 g/mol. The summed E-state index contributed by atoms with van der Waals surface area (Å²) in [5, 5.41) is 13.3. The highest BCUT2D eigenvalue weighted by atomic mass is 15.3. The van der Waals surface area contributed by atoms with Crippen molar-refractivity contribution in [2.45, 2.75) is 19.3 Å². The van der Waals surface area contributed by atoms with Gasteiger partial charge in [0.25, 0.3) is 0 Å². The van der Waals surface area contributed by atoms with Crippen LogP contribution in [0.5, 0.6) is 0 Å². The Morgan fingerprint density at radius 3 is 2.23 bits per heavy atom. The molecule has 5 nitrogen and oxygen atoms in total. The van der Waals surface area contributed by atoms with Gasteiger partial charge in [0.05, 0.1) is 6.20 Å². The monoisotopic (exact) mass is 181 g/mol. The first-order valence-electron chi connectivity index (χ1n) is 4.50. The number of nitrogens with one attached hydrogen (secondary N) is 1. The molecule has 13 heavy (non-hydrogen) atoms. The van der Waals surface area contributed by atoms with Gasteiger partial charge >= 0.3 is 0 Å². The summed E-state index contributed by atoms with van der Waals surface area (Å²) in [5.74, 6) is 0.398. The molecule has 5 heteroatoms. The van der Waals surface area contributed by atoms with Gasteiger partial charge in [0, 0.05) is 6.07 Å². The van der Waals surface area contributed by atoms with Crippen LogP contribution in [0.15, 0.2) is 12.3 Å². The Morgan fingerprint density at radius 2 is 2.00 bits per heavy atom. The second-order valence-corrected chi connectivity index (χ2v) is 2.86. The molecule has 0 bridgehead atoms. The molecule has 72 valence electrons. The van der Waals surface area contributed by atoms with Gasteiger partial charge in [0.1, 0.15) is 5.82 Å². The molecular formula is C8H15N5. The summed E-state index contributed by atoms with van der Waals surface area (Å²) in [6.07, 6.45) is 5.70. The highest BCUT2D eigenvalue weighted by Gasteiger charge is 1.93. The molecule has 0 aliphatic carbocycles. The Labute approximate surface area is 77.7 Å². The Morgan fingerprint density at radius 1 is 1.23 bits per heavy atom. The summed E-state index contributed by atoms with van der Waals surface area (Å²) in [4.78, 5) is 0. The van der Waals surface area contributed by atoms with E-state index >= 15 is 0 Å². The molecular weight excluding hydrogens is 166 g/mol. The lowest BCUT2D eigenvalue weighted by atomic mass is 10.2. The molecule has 1 aliphatic heterocycles. The quantitative estimate of drug-likeness (QED) is 0.598. The minimum Gasteiger partial charge on any atom is -0.382 e. The van der Waals surface area contributed by atoms with Crippen LogP contribution in [-0.2, 0) is 0 Å². The molecule has 3 N–H and O–H groups in total. The van der Waals surface area contributed by atoms with Crippen LogP contribution in [0.4, 0.5) is 5.82 Å². The van der Waals surface area contributed by atoms with Crippen molar-refractivity contribution < 1.29 is 0 Å². The Kier molecular flexibility index (Phi) is 4.78. The van der Waals surface area contributed by atoms with Crippen LogP contribution in [0.3, 0.4) is 0 Å². The van der Waals surface area contributed by atoms with Crippen LogP contribution in [0.2, 0.25) is 0 Å². The molecule has 1 aliphatic rings. The van der Waals surface area contributed by atoms with Crippen LogP contribution in [0, 0.1) is 0 Å². The highest BCUT2D eigenvalue weighted by molar-refractivity contribution is 5.21. The van der Waals surface area contributed by atoms with Crippen molar-refractivity contribution in [1.29, 1.82) is 0 Å². The standard InChI is InChI=1S/C5H11N.C3H4N4/c1-2-4-6-5-3-1;4-3-1-2-5-7-6-3/h6H,1-5H2;1-2H,(H2,4,5,6). The smallest absolute Gasteiger partial charge is 0.149 e. The molecule has 1 fully saturated rings. The molecule has 1 aromatic rings. The molecule has 1 saturated heterocycles. The Balaban J connectivity index is 0.000000132. The lowest BCUT2D eigenvalue weighted by Crippen LogP contribution is -2.21. The van der Waals surface area contributed by atoms with Gasteiger partial charge in [0.15, 0.2) is 0 Å². The van der Waals surface area contributed by atoms with Crippen molar-refractivity contribution in [3.8, 4) is 0 Å². The number of nitrogen functional groups attached to an aromatic ring is 1. The summed E-state index contributed by atoms with van der Waals surface area (Å²) < 4.78 is 0. The van der Waals surface area contributed by atoms with E-state index in [4.69, 9.17) is 5.73 Å². The lowest BCUT2D eigenvalue weighted by molar-refractivity contribution is 0.520. The van der Waals surface area contributed by atoms with Gasteiger partial charge in [-0.3, -0.25) is 0 Å². The van der Waals surface area contributed by atoms with Crippen molar-refractivity contribution in [3.05, 3.63) is 12.3 Å². The molecule has 0 saturated carbocycles. The number of aromatic nitrogens is 3. The van der Waals surface area contributed by atoms with Gasteiger partial charge in [-0.1, -0.05) is 6.42 Å². The van der Waals surface area contributed by atoms with Crippen molar-refractivity contribution >= 4 is 5.82 Å². The van der Waals surface area contributed by atoms with E-state index in [1.807, 2.05) is 0 Å². The first kappa shape index (κ1) is 9.85. The van der Waals surface area contributed by atoms with Gasteiger partial charge in [-0.25, -0.2) is 0 Å². The van der Waals surface area contributed by atoms with E-state index in [2.05, 4.69) is 20.7 Å². The first-order chi connectivity index (χ1) is 6.39. The molecule has 1 aromatic heterocycles. The van der Waals surface area contributed by atoms with E-state index in [9.17, 15) is 0 Å². The van der Waals surface area contributed by atoms with Crippen LogP contribution in [0.25, 0.3) is 0 Å². The predicted octanol–water partition coefficient (Wildman–Crippen LogP) is 0.214. The summed E-state index contributed by atoms with van der Waals surface area (Å²) in [6, 6.07) is 1.58. The van der Waals surface area contributed by atoms with Gasteiger partial charge < -0.3 is 11.1 Å². The van der Waals surface area contributed by atoms with Gasteiger partial charge in [-0.2, -0.15) is 0 Å². The van der Waals surface area contributed by atoms with Crippen molar-refractivity contribution in [1.82, 2.24) is 20.7 Å². The average Bonchev–Trinajstić information content (AvgIpc) is 2.22. The number of anilines is 1. The third-order valence-electron chi connectivity index (χ3n) is 1.73. The molecule has 0 amide bonds. The number of rotatable bonds is 0. The van der Waals surface area contributed by atoms with E-state index in [0.29, 0.717) is 5.82 Å². The van der Waals surface area contributed by atoms with Crippen molar-refractivity contribution in [3.63, 3.8) is 0 Å². The van der Waals surface area contributed by atoms with E-state index in [0.717, 1.165) is 0 Å². The van der Waals surface area contributed by atoms with Gasteiger partial charge in [0.2, 0.25) is 0 Å². The van der Waals surface area contributed by atoms with Gasteiger partial charge in [-0.05, 0) is 31.1 Å². The normalized spacial score (nSPS) is 15.7. The van der Waals surface area contributed by atoms with Crippen molar-refractivity contribution in [2.24, 2.45) is 0 Å². The zero-order valence-corrected chi connectivity index (χ0v) is 7.61. The summed E-state index contributed by atoms with van der Waals surface area (Å²) >= 11 is 0. The van der Waals surface area contributed by atoms with Crippen LogP contribution < -0.4 is 11.1 Å². The maximum Gasteiger partial charge on any atom is 0.149 e. The van der Waals surface area contributed by atoms with Gasteiger partial charge in [-0.15, -0.1) is 10.2 Å². The summed E-state index contributed by atoms with van der Waals surface area (Å²) in [6.45, 7) is 2.50. The third-order valence-corrected chi connectivity index (χ3v) is 1.73. The molecule has 2 heterocycles. The first-order valence-corrected chi connectivity index (χ1v) is 4.50. The molecule has 0 radical (unpaired) electrons. The van der Waals surface area contributed by atoms with Crippen LogP contribution in [-0.4, -0.2) is 28.5 Å². The van der Waals surface area contributed by atoms with E-state index in [1.165, 1.54) is 38.5 Å². The topological polar surface area (TPSA) is 76.7 Å². The molecule has 0 unspecified atom stereocenters. The maximum absolute atomic E-state index is 5.14. The SMILES string of the molecule is C1CCNCC1.Nc1ccnnn1. The molecule has 0 spiro atoms. The number of piperidine rings is 1. The summed E-state index contributed by atoms with van der Waals surface area (Å²) in [5.41, 5.74) is 5.14. The third kappa shape index (κ3) is 5.08. The second kappa shape index (κ2) is 6.30.